The monoisotopic (exact) mass is 382 g/mol. The van der Waals surface area contributed by atoms with Gasteiger partial charge in [0.15, 0.2) is 11.5 Å². The zero-order chi connectivity index (χ0) is 19.8. The Morgan fingerprint density at radius 1 is 1.32 bits per heavy atom. The first-order valence-corrected chi connectivity index (χ1v) is 9.02. The molecule has 0 fully saturated rings. The van der Waals surface area contributed by atoms with Crippen LogP contribution in [0.3, 0.4) is 0 Å². The average Bonchev–Trinajstić information content (AvgIpc) is 3.21. The molecular formula is C20H22N4O4. The van der Waals surface area contributed by atoms with Crippen LogP contribution < -0.4 is 14.8 Å². The maximum atomic E-state index is 12.2. The van der Waals surface area contributed by atoms with Gasteiger partial charge in [-0.15, -0.1) is 0 Å². The SMILES string of the molecule is COc1cc([C@@H]2CC(=O)Nc3c2cnn3C)ccc1OCc1c(C)noc1C. The van der Waals surface area contributed by atoms with Gasteiger partial charge in [-0.25, -0.2) is 0 Å². The number of aromatic nitrogens is 3. The van der Waals surface area contributed by atoms with Crippen LogP contribution in [0.2, 0.25) is 0 Å². The summed E-state index contributed by atoms with van der Waals surface area (Å²) in [4.78, 5) is 12.2. The number of hydrogen-bond acceptors (Lipinski definition) is 6. The molecule has 3 aromatic rings. The molecule has 8 heteroatoms. The summed E-state index contributed by atoms with van der Waals surface area (Å²) in [5.41, 5.74) is 3.71. The van der Waals surface area contributed by atoms with Gasteiger partial charge in [-0.1, -0.05) is 11.2 Å². The van der Waals surface area contributed by atoms with Gasteiger partial charge in [-0.2, -0.15) is 5.10 Å². The maximum Gasteiger partial charge on any atom is 0.226 e. The zero-order valence-electron chi connectivity index (χ0n) is 16.3. The second-order valence-corrected chi connectivity index (χ2v) is 6.88. The van der Waals surface area contributed by atoms with Crippen LogP contribution in [0.1, 0.15) is 40.5 Å². The standard InChI is InChI=1S/C20H22N4O4/c1-11-16(12(2)28-23-11)10-27-17-6-5-13(7-18(17)26-4)14-8-19(25)22-20-15(14)9-21-24(20)3/h5-7,9,14H,8,10H2,1-4H3,(H,22,25)/t14-/m0/s1. The van der Waals surface area contributed by atoms with Gasteiger partial charge in [0.25, 0.3) is 0 Å². The number of carbonyl (C=O) groups excluding carboxylic acids is 1. The van der Waals surface area contributed by atoms with Crippen LogP contribution in [-0.4, -0.2) is 28.0 Å². The molecule has 0 saturated heterocycles. The van der Waals surface area contributed by atoms with E-state index in [2.05, 4.69) is 15.6 Å². The predicted octanol–water partition coefficient (Wildman–Crippen LogP) is 3.09. The predicted molar refractivity (Wildman–Crippen MR) is 102 cm³/mol. The van der Waals surface area contributed by atoms with Crippen molar-refractivity contribution < 1.29 is 18.8 Å². The summed E-state index contributed by atoms with van der Waals surface area (Å²) in [7, 11) is 3.42. The number of fused-ring (bicyclic) bond motifs is 1. The fraction of sp³-hybridized carbons (Fsp3) is 0.350. The minimum atomic E-state index is -0.0806. The first-order valence-electron chi connectivity index (χ1n) is 9.02. The van der Waals surface area contributed by atoms with Crippen LogP contribution in [-0.2, 0) is 18.4 Å². The van der Waals surface area contributed by atoms with Crippen molar-refractivity contribution in [2.75, 3.05) is 12.4 Å². The van der Waals surface area contributed by atoms with Gasteiger partial charge >= 0.3 is 0 Å². The highest BCUT2D eigenvalue weighted by molar-refractivity contribution is 5.94. The van der Waals surface area contributed by atoms with Crippen LogP contribution in [0.25, 0.3) is 0 Å². The third kappa shape index (κ3) is 3.11. The summed E-state index contributed by atoms with van der Waals surface area (Å²) in [6.45, 7) is 4.09. The van der Waals surface area contributed by atoms with Gasteiger partial charge in [-0.3, -0.25) is 9.48 Å². The second-order valence-electron chi connectivity index (χ2n) is 6.88. The molecule has 0 unspecified atom stereocenters. The van der Waals surface area contributed by atoms with Gasteiger partial charge in [0.2, 0.25) is 5.91 Å². The Balaban J connectivity index is 1.61. The van der Waals surface area contributed by atoms with Crippen molar-refractivity contribution in [1.29, 1.82) is 0 Å². The molecule has 0 aliphatic carbocycles. The summed E-state index contributed by atoms with van der Waals surface area (Å²) >= 11 is 0. The number of anilines is 1. The largest absolute Gasteiger partial charge is 0.493 e. The molecule has 0 saturated carbocycles. The molecular weight excluding hydrogens is 360 g/mol. The topological polar surface area (TPSA) is 91.4 Å². The quantitative estimate of drug-likeness (QED) is 0.729. The summed E-state index contributed by atoms with van der Waals surface area (Å²) in [6.07, 6.45) is 2.16. The molecule has 1 amide bonds. The van der Waals surface area contributed by atoms with Crippen molar-refractivity contribution in [1.82, 2.24) is 14.9 Å². The van der Waals surface area contributed by atoms with E-state index in [-0.39, 0.29) is 11.8 Å². The van der Waals surface area contributed by atoms with E-state index in [4.69, 9.17) is 14.0 Å². The van der Waals surface area contributed by atoms with Crippen LogP contribution in [0.15, 0.2) is 28.9 Å². The Labute approximate surface area is 162 Å². The van der Waals surface area contributed by atoms with E-state index >= 15 is 0 Å². The number of nitrogens with one attached hydrogen (secondary N) is 1. The summed E-state index contributed by atoms with van der Waals surface area (Å²) in [5.74, 6) is 2.60. The van der Waals surface area contributed by atoms with Gasteiger partial charge in [0.1, 0.15) is 18.2 Å². The zero-order valence-corrected chi connectivity index (χ0v) is 16.3. The fourth-order valence-corrected chi connectivity index (χ4v) is 3.52. The van der Waals surface area contributed by atoms with E-state index in [1.54, 1.807) is 18.0 Å². The molecule has 8 nitrogen and oxygen atoms in total. The molecule has 3 heterocycles. The van der Waals surface area contributed by atoms with E-state index in [1.807, 2.05) is 39.1 Å². The number of amides is 1. The van der Waals surface area contributed by atoms with Crippen molar-refractivity contribution in [3.05, 3.63) is 52.5 Å². The number of aryl methyl sites for hydroxylation is 3. The Hall–Kier alpha value is -3.29. The Morgan fingerprint density at radius 3 is 2.86 bits per heavy atom. The van der Waals surface area contributed by atoms with E-state index in [0.717, 1.165) is 34.0 Å². The summed E-state index contributed by atoms with van der Waals surface area (Å²) in [6, 6.07) is 5.75. The number of ether oxygens (including phenoxy) is 2. The highest BCUT2D eigenvalue weighted by atomic mass is 16.5. The maximum absolute atomic E-state index is 12.2. The van der Waals surface area contributed by atoms with Crippen molar-refractivity contribution >= 4 is 11.7 Å². The third-order valence-electron chi connectivity index (χ3n) is 5.13. The molecule has 1 N–H and O–H groups in total. The van der Waals surface area contributed by atoms with Gasteiger partial charge < -0.3 is 19.3 Å². The summed E-state index contributed by atoms with van der Waals surface area (Å²) in [5, 5.41) is 11.1. The number of methoxy groups -OCH3 is 1. The number of rotatable bonds is 5. The van der Waals surface area contributed by atoms with Crippen molar-refractivity contribution in [3.63, 3.8) is 0 Å². The lowest BCUT2D eigenvalue weighted by Crippen LogP contribution is -2.24. The van der Waals surface area contributed by atoms with E-state index in [0.29, 0.717) is 24.5 Å². The molecule has 0 spiro atoms. The smallest absolute Gasteiger partial charge is 0.226 e. The molecule has 2 aromatic heterocycles. The minimum Gasteiger partial charge on any atom is -0.493 e. The lowest BCUT2D eigenvalue weighted by molar-refractivity contribution is -0.116. The normalized spacial score (nSPS) is 15.9. The average molecular weight is 382 g/mol. The Bertz CT molecular complexity index is 1020. The number of hydrogen-bond donors (Lipinski definition) is 1. The molecule has 1 atom stereocenters. The molecule has 28 heavy (non-hydrogen) atoms. The molecule has 1 aliphatic rings. The molecule has 4 rings (SSSR count). The third-order valence-corrected chi connectivity index (χ3v) is 5.13. The summed E-state index contributed by atoms with van der Waals surface area (Å²) < 4.78 is 18.3. The Morgan fingerprint density at radius 2 is 2.14 bits per heavy atom. The highest BCUT2D eigenvalue weighted by Gasteiger charge is 2.30. The van der Waals surface area contributed by atoms with Crippen molar-refractivity contribution in [3.8, 4) is 11.5 Å². The van der Waals surface area contributed by atoms with Crippen LogP contribution in [0.4, 0.5) is 5.82 Å². The molecule has 146 valence electrons. The molecule has 1 aliphatic heterocycles. The van der Waals surface area contributed by atoms with Crippen molar-refractivity contribution in [2.24, 2.45) is 7.05 Å². The Kier molecular flexibility index (Phi) is 4.54. The molecule has 0 bridgehead atoms. The van der Waals surface area contributed by atoms with Gasteiger partial charge in [-0.05, 0) is 31.5 Å². The fourth-order valence-electron chi connectivity index (χ4n) is 3.52. The second kappa shape index (κ2) is 7.03. The lowest BCUT2D eigenvalue weighted by Gasteiger charge is -2.24. The van der Waals surface area contributed by atoms with Gasteiger partial charge in [0, 0.05) is 24.9 Å². The first kappa shape index (κ1) is 18.1. The van der Waals surface area contributed by atoms with Gasteiger partial charge in [0.05, 0.1) is 24.6 Å². The lowest BCUT2D eigenvalue weighted by atomic mass is 9.87. The van der Waals surface area contributed by atoms with Crippen LogP contribution in [0, 0.1) is 13.8 Å². The molecule has 1 aromatic carbocycles. The highest BCUT2D eigenvalue weighted by Crippen LogP contribution is 2.40. The minimum absolute atomic E-state index is 0.0289. The number of nitrogens with zero attached hydrogens (tertiary/aromatic N) is 3. The number of benzene rings is 1. The van der Waals surface area contributed by atoms with E-state index in [9.17, 15) is 4.79 Å². The first-order chi connectivity index (χ1) is 13.5. The van der Waals surface area contributed by atoms with Crippen molar-refractivity contribution in [2.45, 2.75) is 32.8 Å². The van der Waals surface area contributed by atoms with E-state index in [1.165, 1.54) is 0 Å². The van der Waals surface area contributed by atoms with Crippen LogP contribution in [0.5, 0.6) is 11.5 Å². The number of carbonyl (C=O) groups is 1. The van der Waals surface area contributed by atoms with Crippen LogP contribution >= 0.6 is 0 Å². The van der Waals surface area contributed by atoms with E-state index < -0.39 is 0 Å². The molecule has 0 radical (unpaired) electrons.